The lowest BCUT2D eigenvalue weighted by Gasteiger charge is -2.24. The number of amides is 1. The van der Waals surface area contributed by atoms with E-state index in [4.69, 9.17) is 11.6 Å². The summed E-state index contributed by atoms with van der Waals surface area (Å²) in [5.74, 6) is -0.386. The van der Waals surface area contributed by atoms with Crippen LogP contribution in [0.15, 0.2) is 42.5 Å². The molecule has 0 radical (unpaired) electrons. The molecule has 0 unspecified atom stereocenters. The zero-order valence-electron chi connectivity index (χ0n) is 13.3. The number of nitro benzene ring substituents is 1. The Bertz CT molecular complexity index is 828. The van der Waals surface area contributed by atoms with Gasteiger partial charge in [0.15, 0.2) is 5.75 Å². The zero-order chi connectivity index (χ0) is 18.1. The van der Waals surface area contributed by atoms with E-state index in [0.717, 1.165) is 5.56 Å². The van der Waals surface area contributed by atoms with E-state index in [-0.39, 0.29) is 34.5 Å². The van der Waals surface area contributed by atoms with Crippen LogP contribution >= 0.6 is 23.4 Å². The molecule has 0 saturated carbocycles. The Hall–Kier alpha value is -2.25. The molecule has 0 bridgehead atoms. The molecular weight excluding hydrogens is 364 g/mol. The van der Waals surface area contributed by atoms with Crippen molar-refractivity contribution in [2.45, 2.75) is 24.8 Å². The van der Waals surface area contributed by atoms with Crippen molar-refractivity contribution in [3.05, 3.63) is 68.7 Å². The normalized spacial score (nSPS) is 20.1. The number of nitrogens with zero attached hydrogens (tertiary/aromatic N) is 2. The molecule has 1 fully saturated rings. The van der Waals surface area contributed by atoms with E-state index in [2.05, 4.69) is 0 Å². The van der Waals surface area contributed by atoms with Crippen molar-refractivity contribution in [2.75, 3.05) is 0 Å². The molecule has 6 nitrogen and oxygen atoms in total. The number of halogens is 1. The molecule has 3 rings (SSSR count). The quantitative estimate of drug-likeness (QED) is 0.613. The summed E-state index contributed by atoms with van der Waals surface area (Å²) < 4.78 is 0. The number of carbonyl (C=O) groups excluding carboxylic acids is 1. The predicted molar refractivity (Wildman–Crippen MR) is 96.9 cm³/mol. The van der Waals surface area contributed by atoms with Crippen LogP contribution in [0, 0.1) is 10.1 Å². The number of phenolic OH excluding ortho intramolecular Hbond substituents is 1. The predicted octanol–water partition coefficient (Wildman–Crippen LogP) is 4.75. The number of carbonyl (C=O) groups is 1. The highest BCUT2D eigenvalue weighted by atomic mass is 35.5. The van der Waals surface area contributed by atoms with Gasteiger partial charge in [-0.25, -0.2) is 0 Å². The van der Waals surface area contributed by atoms with Crippen LogP contribution < -0.4 is 0 Å². The van der Waals surface area contributed by atoms with Gasteiger partial charge in [0.05, 0.1) is 10.2 Å². The maximum atomic E-state index is 12.4. The van der Waals surface area contributed by atoms with Gasteiger partial charge < -0.3 is 10.0 Å². The molecule has 1 aliphatic heterocycles. The highest BCUT2D eigenvalue weighted by molar-refractivity contribution is 8.14. The van der Waals surface area contributed by atoms with E-state index in [1.54, 1.807) is 23.1 Å². The van der Waals surface area contributed by atoms with Crippen molar-refractivity contribution >= 4 is 34.3 Å². The van der Waals surface area contributed by atoms with Crippen molar-refractivity contribution < 1.29 is 14.8 Å². The van der Waals surface area contributed by atoms with Crippen LogP contribution in [0.4, 0.5) is 10.5 Å². The summed E-state index contributed by atoms with van der Waals surface area (Å²) in [5.41, 5.74) is 1.25. The second kappa shape index (κ2) is 6.93. The van der Waals surface area contributed by atoms with Crippen LogP contribution in [0.1, 0.15) is 23.3 Å². The topological polar surface area (TPSA) is 83.7 Å². The standard InChI is InChI=1S/C17H15ClN2O4S/c1-10-16(12-3-5-13(18)6-4-12)25-17(22)19(10)9-11-2-7-15(21)14(8-11)20(23)24/h2-8,10,16,21H,9H2,1H3/t10-,16+/m1/s1. The van der Waals surface area contributed by atoms with Gasteiger partial charge in [0.25, 0.3) is 5.24 Å². The minimum Gasteiger partial charge on any atom is -0.502 e. The number of hydrogen-bond donors (Lipinski definition) is 1. The average Bonchev–Trinajstić information content (AvgIpc) is 2.85. The van der Waals surface area contributed by atoms with E-state index < -0.39 is 4.92 Å². The first kappa shape index (κ1) is 17.6. The molecule has 2 atom stereocenters. The summed E-state index contributed by atoms with van der Waals surface area (Å²) in [6.07, 6.45) is 0. The third-order valence-electron chi connectivity index (χ3n) is 4.18. The summed E-state index contributed by atoms with van der Waals surface area (Å²) in [7, 11) is 0. The lowest BCUT2D eigenvalue weighted by molar-refractivity contribution is -0.385. The fraction of sp³-hybridized carbons (Fsp3) is 0.235. The lowest BCUT2D eigenvalue weighted by atomic mass is 10.0. The summed E-state index contributed by atoms with van der Waals surface area (Å²) in [6.45, 7) is 2.20. The molecule has 1 heterocycles. The van der Waals surface area contributed by atoms with E-state index in [9.17, 15) is 20.0 Å². The number of benzene rings is 2. The minimum atomic E-state index is -0.640. The van der Waals surface area contributed by atoms with Crippen LogP contribution in [-0.4, -0.2) is 26.2 Å². The first-order valence-electron chi connectivity index (χ1n) is 7.56. The molecule has 1 aliphatic rings. The number of phenols is 1. The Kier molecular flexibility index (Phi) is 4.87. The SMILES string of the molecule is C[C@@H]1[C@@H](c2ccc(Cl)cc2)SC(=O)N1Cc1ccc(O)c([N+](=O)[O-])c1. The summed E-state index contributed by atoms with van der Waals surface area (Å²) >= 11 is 7.15. The van der Waals surface area contributed by atoms with Gasteiger partial charge >= 0.3 is 5.69 Å². The van der Waals surface area contributed by atoms with Gasteiger partial charge in [0.2, 0.25) is 0 Å². The van der Waals surface area contributed by atoms with Crippen molar-refractivity contribution in [2.24, 2.45) is 0 Å². The number of nitro groups is 1. The van der Waals surface area contributed by atoms with E-state index >= 15 is 0 Å². The molecule has 1 amide bonds. The van der Waals surface area contributed by atoms with Crippen molar-refractivity contribution in [3.8, 4) is 5.75 Å². The lowest BCUT2D eigenvalue weighted by Crippen LogP contribution is -2.31. The van der Waals surface area contributed by atoms with Crippen LogP contribution in [-0.2, 0) is 6.54 Å². The number of thioether (sulfide) groups is 1. The first-order chi connectivity index (χ1) is 11.9. The largest absolute Gasteiger partial charge is 0.502 e. The fourth-order valence-electron chi connectivity index (χ4n) is 2.82. The molecule has 1 saturated heterocycles. The second-order valence-electron chi connectivity index (χ2n) is 5.80. The molecule has 0 aliphatic carbocycles. The summed E-state index contributed by atoms with van der Waals surface area (Å²) in [4.78, 5) is 24.4. The van der Waals surface area contributed by atoms with Crippen molar-refractivity contribution in [1.29, 1.82) is 0 Å². The van der Waals surface area contributed by atoms with E-state index in [1.807, 2.05) is 19.1 Å². The van der Waals surface area contributed by atoms with Crippen LogP contribution in [0.2, 0.25) is 5.02 Å². The summed E-state index contributed by atoms with van der Waals surface area (Å²) in [5, 5.41) is 21.0. The minimum absolute atomic E-state index is 0.0307. The highest BCUT2D eigenvalue weighted by Gasteiger charge is 2.38. The Balaban J connectivity index is 1.81. The molecule has 130 valence electrons. The summed E-state index contributed by atoms with van der Waals surface area (Å²) in [6, 6.07) is 11.5. The van der Waals surface area contributed by atoms with Crippen LogP contribution in [0.25, 0.3) is 0 Å². The van der Waals surface area contributed by atoms with Crippen LogP contribution in [0.3, 0.4) is 0 Å². The monoisotopic (exact) mass is 378 g/mol. The Labute approximate surface area is 153 Å². The number of aromatic hydroxyl groups is 1. The molecule has 0 aromatic heterocycles. The molecule has 2 aromatic carbocycles. The van der Waals surface area contributed by atoms with Gasteiger partial charge in [-0.3, -0.25) is 14.9 Å². The molecule has 1 N–H and O–H groups in total. The molecule has 8 heteroatoms. The van der Waals surface area contributed by atoms with E-state index in [1.165, 1.54) is 23.9 Å². The number of rotatable bonds is 4. The Morgan fingerprint density at radius 3 is 2.60 bits per heavy atom. The molecular formula is C17H15ClN2O4S. The molecule has 0 spiro atoms. The first-order valence-corrected chi connectivity index (χ1v) is 8.81. The fourth-order valence-corrected chi connectivity index (χ4v) is 4.17. The van der Waals surface area contributed by atoms with Crippen molar-refractivity contribution in [1.82, 2.24) is 4.90 Å². The Morgan fingerprint density at radius 1 is 1.28 bits per heavy atom. The van der Waals surface area contributed by atoms with Crippen LogP contribution in [0.5, 0.6) is 5.75 Å². The highest BCUT2D eigenvalue weighted by Crippen LogP contribution is 2.44. The van der Waals surface area contributed by atoms with Gasteiger partial charge in [-0.05, 0) is 36.2 Å². The zero-order valence-corrected chi connectivity index (χ0v) is 14.8. The maximum absolute atomic E-state index is 12.4. The maximum Gasteiger partial charge on any atom is 0.311 e. The molecule has 25 heavy (non-hydrogen) atoms. The average molecular weight is 379 g/mol. The third-order valence-corrected chi connectivity index (χ3v) is 5.79. The smallest absolute Gasteiger partial charge is 0.311 e. The van der Waals surface area contributed by atoms with Gasteiger partial charge in [0.1, 0.15) is 0 Å². The Morgan fingerprint density at radius 2 is 1.96 bits per heavy atom. The third kappa shape index (κ3) is 3.57. The van der Waals surface area contributed by atoms with Crippen molar-refractivity contribution in [3.63, 3.8) is 0 Å². The molecule has 2 aromatic rings. The van der Waals surface area contributed by atoms with Gasteiger partial charge in [-0.2, -0.15) is 0 Å². The van der Waals surface area contributed by atoms with Gasteiger partial charge in [0, 0.05) is 23.7 Å². The number of hydrogen-bond acceptors (Lipinski definition) is 5. The van der Waals surface area contributed by atoms with Gasteiger partial charge in [-0.1, -0.05) is 41.6 Å². The second-order valence-corrected chi connectivity index (χ2v) is 7.33. The van der Waals surface area contributed by atoms with E-state index in [0.29, 0.717) is 10.6 Å². The van der Waals surface area contributed by atoms with Gasteiger partial charge in [-0.15, -0.1) is 0 Å².